The number of thiazole rings is 1. The highest BCUT2D eigenvalue weighted by molar-refractivity contribution is 7.09. The average Bonchev–Trinajstić information content (AvgIpc) is 3.02. The van der Waals surface area contributed by atoms with E-state index in [1.165, 1.54) is 0 Å². The maximum Gasteiger partial charge on any atom is 0.157 e. The van der Waals surface area contributed by atoms with Gasteiger partial charge in [0.2, 0.25) is 0 Å². The van der Waals surface area contributed by atoms with E-state index >= 15 is 0 Å². The molecule has 0 spiro atoms. The molecule has 0 amide bonds. The van der Waals surface area contributed by atoms with Crippen LogP contribution >= 0.6 is 11.3 Å². The van der Waals surface area contributed by atoms with Gasteiger partial charge in [-0.2, -0.15) is 5.10 Å². The Balaban J connectivity index is 1.83. The Kier molecular flexibility index (Phi) is 4.77. The number of aryl methyl sites for hydroxylation is 1. The van der Waals surface area contributed by atoms with Crippen LogP contribution < -0.4 is 10.1 Å². The summed E-state index contributed by atoms with van der Waals surface area (Å²) in [5, 5.41) is 10.7. The van der Waals surface area contributed by atoms with Crippen molar-refractivity contribution in [3.05, 3.63) is 28.5 Å². The monoisotopic (exact) mass is 294 g/mol. The molecule has 0 aliphatic heterocycles. The van der Waals surface area contributed by atoms with Crippen LogP contribution in [0, 0.1) is 0 Å². The molecule has 110 valence electrons. The fraction of sp³-hybridized carbons (Fsp3) is 0.571. The zero-order valence-corrected chi connectivity index (χ0v) is 13.3. The van der Waals surface area contributed by atoms with Gasteiger partial charge in [0.05, 0.1) is 18.1 Å². The van der Waals surface area contributed by atoms with Gasteiger partial charge in [0, 0.05) is 24.0 Å². The van der Waals surface area contributed by atoms with Crippen LogP contribution in [0.3, 0.4) is 0 Å². The van der Waals surface area contributed by atoms with Crippen LogP contribution in [-0.2, 0) is 19.7 Å². The largest absolute Gasteiger partial charge is 0.484 e. The Hall–Kier alpha value is -1.40. The van der Waals surface area contributed by atoms with Crippen LogP contribution in [0.25, 0.3) is 0 Å². The molecule has 2 aromatic heterocycles. The summed E-state index contributed by atoms with van der Waals surface area (Å²) in [5.41, 5.74) is 1.07. The fourth-order valence-corrected chi connectivity index (χ4v) is 2.30. The third-order valence-electron chi connectivity index (χ3n) is 2.69. The fourth-order valence-electron chi connectivity index (χ4n) is 1.59. The van der Waals surface area contributed by atoms with E-state index in [-0.39, 0.29) is 5.54 Å². The van der Waals surface area contributed by atoms with Crippen molar-refractivity contribution in [2.45, 2.75) is 52.9 Å². The van der Waals surface area contributed by atoms with Crippen molar-refractivity contribution in [3.8, 4) is 5.75 Å². The summed E-state index contributed by atoms with van der Waals surface area (Å²) in [7, 11) is 0. The Morgan fingerprint density at radius 1 is 1.40 bits per heavy atom. The number of nitrogens with zero attached hydrogens (tertiary/aromatic N) is 3. The highest BCUT2D eigenvalue weighted by Gasteiger charge is 2.10. The molecule has 2 rings (SSSR count). The minimum Gasteiger partial charge on any atom is -0.484 e. The van der Waals surface area contributed by atoms with Crippen LogP contribution in [0.5, 0.6) is 5.75 Å². The third-order valence-corrected chi connectivity index (χ3v) is 3.59. The lowest BCUT2D eigenvalue weighted by Crippen LogP contribution is -2.35. The first-order chi connectivity index (χ1) is 9.46. The predicted octanol–water partition coefficient (Wildman–Crippen LogP) is 2.83. The van der Waals surface area contributed by atoms with E-state index in [0.29, 0.717) is 6.61 Å². The highest BCUT2D eigenvalue weighted by atomic mass is 32.1. The summed E-state index contributed by atoms with van der Waals surface area (Å²) >= 11 is 1.66. The minimum atomic E-state index is 0.108. The molecular formula is C14H22N4OS. The summed E-state index contributed by atoms with van der Waals surface area (Å²) in [6, 6.07) is 0. The van der Waals surface area contributed by atoms with E-state index in [2.05, 4.69) is 36.2 Å². The molecule has 2 aromatic rings. The van der Waals surface area contributed by atoms with Gasteiger partial charge in [0.25, 0.3) is 0 Å². The van der Waals surface area contributed by atoms with Gasteiger partial charge in [-0.15, -0.1) is 11.3 Å². The Bertz CT molecular complexity index is 541. The maximum atomic E-state index is 5.67. The number of nitrogens with one attached hydrogen (secondary N) is 1. The van der Waals surface area contributed by atoms with Crippen LogP contribution in [0.1, 0.15) is 38.4 Å². The number of ether oxygens (including phenoxy) is 1. The summed E-state index contributed by atoms with van der Waals surface area (Å²) in [4.78, 5) is 4.56. The van der Waals surface area contributed by atoms with Crippen LogP contribution in [0.4, 0.5) is 0 Å². The molecule has 5 nitrogen and oxygen atoms in total. The van der Waals surface area contributed by atoms with Crippen molar-refractivity contribution in [1.82, 2.24) is 20.1 Å². The molecule has 0 aliphatic rings. The second kappa shape index (κ2) is 6.37. The van der Waals surface area contributed by atoms with E-state index in [1.807, 2.05) is 23.2 Å². The topological polar surface area (TPSA) is 52.0 Å². The third kappa shape index (κ3) is 4.61. The second-order valence-electron chi connectivity index (χ2n) is 5.66. The average molecular weight is 294 g/mol. The van der Waals surface area contributed by atoms with Gasteiger partial charge in [-0.1, -0.05) is 0 Å². The van der Waals surface area contributed by atoms with Gasteiger partial charge in [-0.05, 0) is 27.7 Å². The molecule has 0 unspecified atom stereocenters. The quantitative estimate of drug-likeness (QED) is 0.890. The molecule has 20 heavy (non-hydrogen) atoms. The molecule has 0 atom stereocenters. The number of hydrogen-bond acceptors (Lipinski definition) is 5. The molecule has 1 N–H and O–H groups in total. The van der Waals surface area contributed by atoms with Crippen LogP contribution in [0.15, 0.2) is 17.8 Å². The molecule has 0 saturated heterocycles. The van der Waals surface area contributed by atoms with Gasteiger partial charge in [0.1, 0.15) is 11.6 Å². The van der Waals surface area contributed by atoms with Crippen LogP contribution in [-0.4, -0.2) is 20.3 Å². The van der Waals surface area contributed by atoms with E-state index in [0.717, 1.165) is 29.5 Å². The van der Waals surface area contributed by atoms with Gasteiger partial charge < -0.3 is 10.1 Å². The number of rotatable bonds is 6. The summed E-state index contributed by atoms with van der Waals surface area (Å²) in [6.07, 6.45) is 3.63. The molecule has 6 heteroatoms. The SMILES string of the molecule is CCn1cc(OCc2csc(CNC(C)(C)C)n2)cn1. The lowest BCUT2D eigenvalue weighted by molar-refractivity contribution is 0.301. The smallest absolute Gasteiger partial charge is 0.157 e. The molecule has 2 heterocycles. The van der Waals surface area contributed by atoms with Crippen LogP contribution in [0.2, 0.25) is 0 Å². The first kappa shape index (κ1) is 15.0. The first-order valence-electron chi connectivity index (χ1n) is 6.80. The highest BCUT2D eigenvalue weighted by Crippen LogP contribution is 2.15. The number of hydrogen-bond donors (Lipinski definition) is 1. The predicted molar refractivity (Wildman–Crippen MR) is 80.9 cm³/mol. The van der Waals surface area contributed by atoms with E-state index in [1.54, 1.807) is 17.5 Å². The zero-order valence-electron chi connectivity index (χ0n) is 12.5. The normalized spacial score (nSPS) is 11.8. The standard InChI is InChI=1S/C14H22N4OS/c1-5-18-8-12(6-16-18)19-9-11-10-20-13(17-11)7-15-14(2,3)4/h6,8,10,15H,5,7,9H2,1-4H3. The van der Waals surface area contributed by atoms with Crippen molar-refractivity contribution in [1.29, 1.82) is 0 Å². The Morgan fingerprint density at radius 2 is 2.20 bits per heavy atom. The molecule has 0 aromatic carbocycles. The Morgan fingerprint density at radius 3 is 2.85 bits per heavy atom. The first-order valence-corrected chi connectivity index (χ1v) is 7.68. The lowest BCUT2D eigenvalue weighted by Gasteiger charge is -2.19. The molecular weight excluding hydrogens is 272 g/mol. The Labute approximate surface area is 124 Å². The van der Waals surface area contributed by atoms with E-state index in [9.17, 15) is 0 Å². The summed E-state index contributed by atoms with van der Waals surface area (Å²) in [6.45, 7) is 10.6. The molecule has 0 fully saturated rings. The van der Waals surface area contributed by atoms with E-state index in [4.69, 9.17) is 4.74 Å². The molecule has 0 aliphatic carbocycles. The lowest BCUT2D eigenvalue weighted by atomic mass is 10.1. The van der Waals surface area contributed by atoms with Gasteiger partial charge in [-0.25, -0.2) is 4.98 Å². The van der Waals surface area contributed by atoms with Crippen molar-refractivity contribution < 1.29 is 4.74 Å². The van der Waals surface area contributed by atoms with Crippen molar-refractivity contribution in [2.75, 3.05) is 0 Å². The molecule has 0 radical (unpaired) electrons. The van der Waals surface area contributed by atoms with Crippen molar-refractivity contribution >= 4 is 11.3 Å². The van der Waals surface area contributed by atoms with Gasteiger partial charge in [0.15, 0.2) is 5.75 Å². The summed E-state index contributed by atoms with van der Waals surface area (Å²) in [5.74, 6) is 0.786. The minimum absolute atomic E-state index is 0.108. The summed E-state index contributed by atoms with van der Waals surface area (Å²) < 4.78 is 7.52. The van der Waals surface area contributed by atoms with E-state index < -0.39 is 0 Å². The zero-order chi connectivity index (χ0) is 14.6. The van der Waals surface area contributed by atoms with Gasteiger partial charge in [-0.3, -0.25) is 4.68 Å². The molecule has 0 bridgehead atoms. The molecule has 0 saturated carbocycles. The maximum absolute atomic E-state index is 5.67. The van der Waals surface area contributed by atoms with Crippen molar-refractivity contribution in [3.63, 3.8) is 0 Å². The number of aromatic nitrogens is 3. The van der Waals surface area contributed by atoms with Gasteiger partial charge >= 0.3 is 0 Å². The van der Waals surface area contributed by atoms with Crippen molar-refractivity contribution in [2.24, 2.45) is 0 Å². The second-order valence-corrected chi connectivity index (χ2v) is 6.60.